The number of halogens is 2. The van der Waals surface area contributed by atoms with Gasteiger partial charge in [-0.3, -0.25) is 14.4 Å². The number of carbonyl (C=O) groups excluding carboxylic acids is 1. The first kappa shape index (κ1) is 30.1. The Morgan fingerprint density at radius 2 is 1.73 bits per heavy atom. The van der Waals surface area contributed by atoms with Crippen LogP contribution >= 0.6 is 11.6 Å². The Hall–Kier alpha value is -3.17. The Labute approximate surface area is 221 Å². The van der Waals surface area contributed by atoms with Gasteiger partial charge in [0.15, 0.2) is 0 Å². The van der Waals surface area contributed by atoms with E-state index in [1.165, 1.54) is 17.2 Å². The fraction of sp³-hybridized carbons (Fsp3) is 0.444. The molecule has 2 aromatic carbocycles. The van der Waals surface area contributed by atoms with Gasteiger partial charge in [0.05, 0.1) is 29.1 Å². The number of carbonyl (C=O) groups is 3. The van der Waals surface area contributed by atoms with Crippen LogP contribution in [0.4, 0.5) is 10.1 Å². The van der Waals surface area contributed by atoms with Crippen molar-refractivity contribution in [2.45, 2.75) is 58.4 Å². The fourth-order valence-corrected chi connectivity index (χ4v) is 4.11. The van der Waals surface area contributed by atoms with Gasteiger partial charge in [0.2, 0.25) is 0 Å². The number of hydrogen-bond donors (Lipinski definition) is 5. The molecule has 1 heterocycles. The molecule has 37 heavy (non-hydrogen) atoms. The molecule has 202 valence electrons. The molecular weight excluding hydrogens is 501 g/mol. The van der Waals surface area contributed by atoms with E-state index in [-0.39, 0.29) is 24.3 Å². The van der Waals surface area contributed by atoms with Gasteiger partial charge in [0.25, 0.3) is 5.91 Å². The van der Waals surface area contributed by atoms with Gasteiger partial charge in [-0.2, -0.15) is 0 Å². The highest BCUT2D eigenvalue weighted by Gasteiger charge is 2.16. The zero-order valence-electron chi connectivity index (χ0n) is 21.0. The molecule has 0 spiro atoms. The van der Waals surface area contributed by atoms with E-state index in [0.717, 1.165) is 56.4 Å². The molecule has 1 aliphatic heterocycles. The van der Waals surface area contributed by atoms with E-state index in [2.05, 4.69) is 28.9 Å². The Morgan fingerprint density at radius 1 is 1.03 bits per heavy atom. The van der Waals surface area contributed by atoms with Crippen molar-refractivity contribution in [3.63, 3.8) is 0 Å². The molecule has 0 fully saturated rings. The van der Waals surface area contributed by atoms with Gasteiger partial charge in [-0.1, -0.05) is 43.5 Å². The van der Waals surface area contributed by atoms with Crippen molar-refractivity contribution < 1.29 is 29.0 Å². The van der Waals surface area contributed by atoms with Crippen molar-refractivity contribution >= 4 is 35.1 Å². The van der Waals surface area contributed by atoms with Crippen molar-refractivity contribution in [3.05, 3.63) is 63.4 Å². The van der Waals surface area contributed by atoms with E-state index in [1.807, 2.05) is 6.07 Å². The topological polar surface area (TPSA) is 128 Å². The number of hydrogen-bond acceptors (Lipinski definition) is 5. The lowest BCUT2D eigenvalue weighted by molar-refractivity contribution is -0.143. The number of aliphatic carboxylic acids is 2. The van der Waals surface area contributed by atoms with E-state index in [9.17, 15) is 18.8 Å². The number of rotatable bonds is 11. The summed E-state index contributed by atoms with van der Waals surface area (Å²) in [5, 5.41) is 26.0. The minimum absolute atomic E-state index is 0.0860. The summed E-state index contributed by atoms with van der Waals surface area (Å²) in [7, 11) is 0. The molecule has 1 amide bonds. The zero-order chi connectivity index (χ0) is 27.2. The van der Waals surface area contributed by atoms with Crippen LogP contribution in [0.1, 0.15) is 66.1 Å². The lowest BCUT2D eigenvalue weighted by Crippen LogP contribution is -2.25. The number of carboxylic acid groups (broad SMARTS) is 2. The fourth-order valence-electron chi connectivity index (χ4n) is 3.86. The van der Waals surface area contributed by atoms with Crippen LogP contribution in [0.25, 0.3) is 0 Å². The van der Waals surface area contributed by atoms with Gasteiger partial charge >= 0.3 is 11.9 Å². The summed E-state index contributed by atoms with van der Waals surface area (Å²) in [6.45, 7) is 4.99. The number of unbranched alkanes of at least 4 members (excludes halogenated alkanes) is 2. The van der Waals surface area contributed by atoms with Crippen LogP contribution in [-0.2, 0) is 29.0 Å². The second-order valence-corrected chi connectivity index (χ2v) is 9.14. The van der Waals surface area contributed by atoms with Gasteiger partial charge in [0, 0.05) is 13.1 Å². The third kappa shape index (κ3) is 10.4. The highest BCUT2D eigenvalue weighted by molar-refractivity contribution is 6.33. The monoisotopic (exact) mass is 535 g/mol. The molecule has 0 atom stereocenters. The van der Waals surface area contributed by atoms with Crippen molar-refractivity contribution in [2.24, 2.45) is 0 Å². The first-order chi connectivity index (χ1) is 17.7. The molecular formula is C27H35ClFN3O5. The largest absolute Gasteiger partial charge is 0.481 e. The smallest absolute Gasteiger partial charge is 0.303 e. The van der Waals surface area contributed by atoms with Gasteiger partial charge in [-0.15, -0.1) is 0 Å². The van der Waals surface area contributed by atoms with E-state index in [0.29, 0.717) is 18.1 Å². The maximum absolute atomic E-state index is 14.5. The average Bonchev–Trinajstić information content (AvgIpc) is 3.11. The number of fused-ring (bicyclic) bond motifs is 1. The summed E-state index contributed by atoms with van der Waals surface area (Å²) in [5.74, 6) is -3.01. The van der Waals surface area contributed by atoms with Gasteiger partial charge in [-0.25, -0.2) is 4.39 Å². The molecule has 0 radical (unpaired) electrons. The Balaban J connectivity index is 0.000000521. The van der Waals surface area contributed by atoms with E-state index in [1.54, 1.807) is 12.1 Å². The van der Waals surface area contributed by atoms with Crippen molar-refractivity contribution in [3.8, 4) is 0 Å². The first-order valence-corrected chi connectivity index (χ1v) is 12.9. The first-order valence-electron chi connectivity index (χ1n) is 12.5. The SMILES string of the molecule is CCCCCNC(=O)c1ccc(CNc2c(Cl)ccc3c2CCNCC3)cc1F.O=C(O)CCC(=O)O. The molecule has 8 nitrogen and oxygen atoms in total. The molecule has 0 aromatic heterocycles. The summed E-state index contributed by atoms with van der Waals surface area (Å²) in [6, 6.07) is 8.77. The second kappa shape index (κ2) is 15.8. The summed E-state index contributed by atoms with van der Waals surface area (Å²) in [4.78, 5) is 31.4. The molecule has 5 N–H and O–H groups in total. The van der Waals surface area contributed by atoms with Crippen molar-refractivity contribution in [1.82, 2.24) is 10.6 Å². The normalized spacial score (nSPS) is 12.4. The predicted octanol–water partition coefficient (Wildman–Crippen LogP) is 4.64. The standard InChI is InChI=1S/C23H29ClFN3O.C4H6O4/c1-2-3-4-11-27-23(29)19-7-5-16(14-21(19)25)15-28-22-18-10-13-26-12-9-17(18)6-8-20(22)24;5-3(6)1-2-4(7)8/h5-8,14,26,28H,2-4,9-13,15H2,1H3,(H,27,29);1-2H2,(H,5,6)(H,7,8). The van der Waals surface area contributed by atoms with Crippen LogP contribution in [-0.4, -0.2) is 47.7 Å². The summed E-state index contributed by atoms with van der Waals surface area (Å²) >= 11 is 6.44. The molecule has 0 saturated carbocycles. The molecule has 1 aliphatic rings. The number of carboxylic acids is 2. The average molecular weight is 536 g/mol. The molecule has 10 heteroatoms. The Bertz CT molecular complexity index is 1070. The zero-order valence-corrected chi connectivity index (χ0v) is 21.8. The van der Waals surface area contributed by atoms with Crippen LogP contribution in [0, 0.1) is 5.82 Å². The van der Waals surface area contributed by atoms with Gasteiger partial charge in [0.1, 0.15) is 5.82 Å². The molecule has 0 saturated heterocycles. The highest BCUT2D eigenvalue weighted by Crippen LogP contribution is 2.31. The minimum Gasteiger partial charge on any atom is -0.481 e. The Morgan fingerprint density at radius 3 is 2.38 bits per heavy atom. The predicted molar refractivity (Wildman–Crippen MR) is 142 cm³/mol. The van der Waals surface area contributed by atoms with Crippen LogP contribution in [0.15, 0.2) is 30.3 Å². The van der Waals surface area contributed by atoms with Crippen molar-refractivity contribution in [1.29, 1.82) is 0 Å². The number of amides is 1. The number of anilines is 1. The van der Waals surface area contributed by atoms with Crippen LogP contribution < -0.4 is 16.0 Å². The number of benzene rings is 2. The number of nitrogens with one attached hydrogen (secondary N) is 3. The minimum atomic E-state index is -1.08. The van der Waals surface area contributed by atoms with E-state index < -0.39 is 17.8 Å². The quantitative estimate of drug-likeness (QED) is 0.265. The summed E-state index contributed by atoms with van der Waals surface area (Å²) in [5.41, 5.74) is 4.30. The highest BCUT2D eigenvalue weighted by atomic mass is 35.5. The third-order valence-electron chi connectivity index (χ3n) is 5.85. The molecule has 3 rings (SSSR count). The summed E-state index contributed by atoms with van der Waals surface area (Å²) < 4.78 is 14.5. The van der Waals surface area contributed by atoms with Gasteiger partial charge < -0.3 is 26.2 Å². The molecule has 0 aliphatic carbocycles. The maximum Gasteiger partial charge on any atom is 0.303 e. The van der Waals surface area contributed by atoms with Gasteiger partial charge in [-0.05, 0) is 67.2 Å². The Kier molecular flexibility index (Phi) is 12.9. The van der Waals surface area contributed by atoms with Crippen molar-refractivity contribution in [2.75, 3.05) is 25.0 Å². The maximum atomic E-state index is 14.5. The lowest BCUT2D eigenvalue weighted by Gasteiger charge is -2.16. The molecule has 2 aromatic rings. The third-order valence-corrected chi connectivity index (χ3v) is 6.16. The van der Waals surface area contributed by atoms with Crippen LogP contribution in [0.3, 0.4) is 0 Å². The summed E-state index contributed by atoms with van der Waals surface area (Å²) in [6.07, 6.45) is 4.32. The van der Waals surface area contributed by atoms with Crippen LogP contribution in [0.2, 0.25) is 5.02 Å². The lowest BCUT2D eigenvalue weighted by atomic mass is 10.0. The van der Waals surface area contributed by atoms with E-state index in [4.69, 9.17) is 21.8 Å². The molecule has 0 unspecified atom stereocenters. The van der Waals surface area contributed by atoms with Crippen LogP contribution in [0.5, 0.6) is 0 Å². The van der Waals surface area contributed by atoms with E-state index >= 15 is 0 Å². The molecule has 0 bridgehead atoms. The second-order valence-electron chi connectivity index (χ2n) is 8.73.